The first kappa shape index (κ1) is 16.1. The van der Waals surface area contributed by atoms with Crippen molar-refractivity contribution < 1.29 is 8.78 Å². The molecule has 0 aliphatic carbocycles. The molecule has 0 radical (unpaired) electrons. The van der Waals surface area contributed by atoms with Gasteiger partial charge in [0.2, 0.25) is 0 Å². The average Bonchev–Trinajstić information content (AvgIpc) is 2.46. The van der Waals surface area contributed by atoms with Crippen LogP contribution < -0.4 is 5.32 Å². The quantitative estimate of drug-likeness (QED) is 0.785. The number of benzene rings is 2. The Balaban J connectivity index is 2.52. The summed E-state index contributed by atoms with van der Waals surface area (Å²) in [6.45, 7) is 4.74. The average molecular weight is 354 g/mol. The molecule has 0 aliphatic rings. The zero-order valence-corrected chi connectivity index (χ0v) is 13.7. The molecule has 0 saturated carbocycles. The minimum absolute atomic E-state index is 0.328. The highest BCUT2D eigenvalue weighted by atomic mass is 79.9. The highest BCUT2D eigenvalue weighted by Crippen LogP contribution is 2.31. The third kappa shape index (κ3) is 3.89. The van der Waals surface area contributed by atoms with Crippen LogP contribution in [-0.2, 0) is 0 Å². The fraction of sp³-hybridized carbons (Fsp3) is 0.294. The van der Waals surface area contributed by atoms with Gasteiger partial charge in [-0.15, -0.1) is 0 Å². The van der Waals surface area contributed by atoms with Crippen LogP contribution in [0.25, 0.3) is 0 Å². The third-order valence-corrected chi connectivity index (χ3v) is 4.05. The molecule has 0 saturated heterocycles. The smallest absolute Gasteiger partial charge is 0.128 e. The normalized spacial score (nSPS) is 12.4. The van der Waals surface area contributed by atoms with Gasteiger partial charge < -0.3 is 5.32 Å². The van der Waals surface area contributed by atoms with E-state index in [-0.39, 0.29) is 6.04 Å². The van der Waals surface area contributed by atoms with Crippen LogP contribution in [0.1, 0.15) is 36.1 Å². The molecule has 4 heteroatoms. The molecule has 2 aromatic carbocycles. The van der Waals surface area contributed by atoms with Gasteiger partial charge in [-0.3, -0.25) is 0 Å². The Morgan fingerprint density at radius 3 is 2.57 bits per heavy atom. The van der Waals surface area contributed by atoms with Crippen LogP contribution in [0.2, 0.25) is 0 Å². The fourth-order valence-corrected chi connectivity index (χ4v) is 2.77. The second-order valence-electron chi connectivity index (χ2n) is 5.08. The van der Waals surface area contributed by atoms with Gasteiger partial charge in [-0.1, -0.05) is 40.5 Å². The van der Waals surface area contributed by atoms with Crippen molar-refractivity contribution in [1.82, 2.24) is 5.32 Å². The van der Waals surface area contributed by atoms with Gasteiger partial charge >= 0.3 is 0 Å². The van der Waals surface area contributed by atoms with Gasteiger partial charge in [0.25, 0.3) is 0 Å². The molecule has 0 heterocycles. The van der Waals surface area contributed by atoms with E-state index in [2.05, 4.69) is 21.2 Å². The van der Waals surface area contributed by atoms with Crippen molar-refractivity contribution in [3.63, 3.8) is 0 Å². The molecule has 0 spiro atoms. The molecule has 1 atom stereocenters. The molecule has 0 aliphatic heterocycles. The van der Waals surface area contributed by atoms with Gasteiger partial charge in [0.15, 0.2) is 0 Å². The minimum Gasteiger partial charge on any atom is -0.306 e. The van der Waals surface area contributed by atoms with E-state index in [1.54, 1.807) is 0 Å². The van der Waals surface area contributed by atoms with Crippen molar-refractivity contribution in [2.75, 3.05) is 6.54 Å². The van der Waals surface area contributed by atoms with Gasteiger partial charge in [-0.25, -0.2) is 8.78 Å². The Hall–Kier alpha value is -1.26. The van der Waals surface area contributed by atoms with E-state index in [0.29, 0.717) is 5.56 Å². The van der Waals surface area contributed by atoms with Crippen LogP contribution >= 0.6 is 15.9 Å². The number of aryl methyl sites for hydroxylation is 1. The van der Waals surface area contributed by atoms with Crippen molar-refractivity contribution in [2.24, 2.45) is 0 Å². The zero-order valence-electron chi connectivity index (χ0n) is 12.1. The number of hydrogen-bond acceptors (Lipinski definition) is 1. The van der Waals surface area contributed by atoms with Gasteiger partial charge in [0.05, 0.1) is 6.04 Å². The van der Waals surface area contributed by atoms with Gasteiger partial charge in [0, 0.05) is 10.0 Å². The summed E-state index contributed by atoms with van der Waals surface area (Å²) >= 11 is 3.51. The second kappa shape index (κ2) is 7.14. The summed E-state index contributed by atoms with van der Waals surface area (Å²) < 4.78 is 28.5. The highest BCUT2D eigenvalue weighted by Gasteiger charge is 2.20. The Morgan fingerprint density at radius 1 is 1.10 bits per heavy atom. The van der Waals surface area contributed by atoms with Crippen molar-refractivity contribution in [3.8, 4) is 0 Å². The van der Waals surface area contributed by atoms with E-state index in [4.69, 9.17) is 0 Å². The highest BCUT2D eigenvalue weighted by molar-refractivity contribution is 9.10. The minimum atomic E-state index is -0.432. The molecule has 0 aromatic heterocycles. The van der Waals surface area contributed by atoms with Gasteiger partial charge in [-0.2, -0.15) is 0 Å². The topological polar surface area (TPSA) is 12.0 Å². The Labute approximate surface area is 132 Å². The Kier molecular flexibility index (Phi) is 5.48. The number of halogens is 3. The SMILES string of the molecule is CCCNC(c1cc(F)ccc1F)c1cc(C)ccc1Br. The lowest BCUT2D eigenvalue weighted by atomic mass is 9.96. The largest absolute Gasteiger partial charge is 0.306 e. The van der Waals surface area contributed by atoms with E-state index < -0.39 is 11.6 Å². The lowest BCUT2D eigenvalue weighted by Gasteiger charge is -2.22. The van der Waals surface area contributed by atoms with Crippen LogP contribution in [0.3, 0.4) is 0 Å². The molecule has 0 bridgehead atoms. The molecule has 2 rings (SSSR count). The lowest BCUT2D eigenvalue weighted by molar-refractivity contribution is 0.534. The molecule has 1 nitrogen and oxygen atoms in total. The van der Waals surface area contributed by atoms with Crippen LogP contribution in [0, 0.1) is 18.6 Å². The van der Waals surface area contributed by atoms with Crippen LogP contribution in [0.5, 0.6) is 0 Å². The monoisotopic (exact) mass is 353 g/mol. The predicted molar refractivity (Wildman–Crippen MR) is 85.4 cm³/mol. The van der Waals surface area contributed by atoms with E-state index in [1.807, 2.05) is 32.0 Å². The maximum atomic E-state index is 14.1. The molecule has 1 N–H and O–H groups in total. The van der Waals surface area contributed by atoms with Gasteiger partial charge in [0.1, 0.15) is 11.6 Å². The first-order valence-corrected chi connectivity index (χ1v) is 7.76. The molecular weight excluding hydrogens is 336 g/mol. The molecule has 21 heavy (non-hydrogen) atoms. The first-order chi connectivity index (χ1) is 10.0. The summed E-state index contributed by atoms with van der Waals surface area (Å²) in [5, 5.41) is 3.30. The van der Waals surface area contributed by atoms with E-state index in [9.17, 15) is 8.78 Å². The molecule has 1 unspecified atom stereocenters. The summed E-state index contributed by atoms with van der Waals surface area (Å²) in [6, 6.07) is 9.10. The maximum Gasteiger partial charge on any atom is 0.128 e. The van der Waals surface area contributed by atoms with Crippen molar-refractivity contribution >= 4 is 15.9 Å². The molecule has 0 fully saturated rings. The summed E-state index contributed by atoms with van der Waals surface area (Å²) in [5.74, 6) is -0.836. The number of rotatable bonds is 5. The summed E-state index contributed by atoms with van der Waals surface area (Å²) in [4.78, 5) is 0. The number of hydrogen-bond donors (Lipinski definition) is 1. The van der Waals surface area contributed by atoms with E-state index >= 15 is 0 Å². The second-order valence-corrected chi connectivity index (χ2v) is 5.93. The molecule has 0 amide bonds. The van der Waals surface area contributed by atoms with Gasteiger partial charge in [-0.05, 0) is 49.7 Å². The predicted octanol–water partition coefficient (Wildman–Crippen LogP) is 5.12. The Bertz CT molecular complexity index is 577. The standard InChI is InChI=1S/C17H18BrF2N/c1-3-8-21-17(13-9-11(2)4-6-15(13)18)14-10-12(19)5-7-16(14)20/h4-7,9-10,17,21H,3,8H2,1-2H3. The van der Waals surface area contributed by atoms with E-state index in [0.717, 1.165) is 34.6 Å². The number of nitrogens with one attached hydrogen (secondary N) is 1. The summed E-state index contributed by atoms with van der Waals surface area (Å²) in [7, 11) is 0. The van der Waals surface area contributed by atoms with Crippen LogP contribution in [0.4, 0.5) is 8.78 Å². The summed E-state index contributed by atoms with van der Waals surface area (Å²) in [5.41, 5.74) is 2.32. The molecule has 112 valence electrons. The fourth-order valence-electron chi connectivity index (χ4n) is 2.30. The van der Waals surface area contributed by atoms with E-state index in [1.165, 1.54) is 12.1 Å². The van der Waals surface area contributed by atoms with Crippen LogP contribution in [0.15, 0.2) is 40.9 Å². The molecule has 2 aromatic rings. The lowest BCUT2D eigenvalue weighted by Crippen LogP contribution is -2.24. The third-order valence-electron chi connectivity index (χ3n) is 3.33. The van der Waals surface area contributed by atoms with Crippen molar-refractivity contribution in [2.45, 2.75) is 26.3 Å². The van der Waals surface area contributed by atoms with Crippen molar-refractivity contribution in [1.29, 1.82) is 0 Å². The van der Waals surface area contributed by atoms with Crippen LogP contribution in [-0.4, -0.2) is 6.54 Å². The van der Waals surface area contributed by atoms with Crippen molar-refractivity contribution in [3.05, 3.63) is 69.2 Å². The molecular formula is C17H18BrF2N. The first-order valence-electron chi connectivity index (χ1n) is 6.97. The maximum absolute atomic E-state index is 14.1. The Morgan fingerprint density at radius 2 is 1.86 bits per heavy atom. The summed E-state index contributed by atoms with van der Waals surface area (Å²) in [6.07, 6.45) is 0.914. The zero-order chi connectivity index (χ0) is 15.4.